The normalized spacial score (nSPS) is 10.7. The van der Waals surface area contributed by atoms with Gasteiger partial charge >= 0.3 is 0 Å². The molecule has 0 aliphatic rings. The Morgan fingerprint density at radius 2 is 1.96 bits per heavy atom. The van der Waals surface area contributed by atoms with Gasteiger partial charge in [-0.2, -0.15) is 0 Å². The van der Waals surface area contributed by atoms with Gasteiger partial charge in [0.1, 0.15) is 0 Å². The number of rotatable bonds is 6. The van der Waals surface area contributed by atoms with Crippen LogP contribution in [0.15, 0.2) is 53.7 Å². The van der Waals surface area contributed by atoms with Crippen molar-refractivity contribution < 1.29 is 4.79 Å². The summed E-state index contributed by atoms with van der Waals surface area (Å²) in [7, 11) is 0. The van der Waals surface area contributed by atoms with E-state index < -0.39 is 0 Å². The number of nitrogen functional groups attached to an aromatic ring is 1. The highest BCUT2D eigenvalue weighted by molar-refractivity contribution is 7.99. The van der Waals surface area contributed by atoms with Gasteiger partial charge in [-0.25, -0.2) is 4.68 Å². The molecule has 134 valence electrons. The molecule has 8 heteroatoms. The Bertz CT molecular complexity index is 913. The van der Waals surface area contributed by atoms with Crippen molar-refractivity contribution in [3.63, 3.8) is 0 Å². The van der Waals surface area contributed by atoms with Crippen LogP contribution in [0.2, 0.25) is 5.02 Å². The Morgan fingerprint density at radius 1 is 1.19 bits per heavy atom. The molecule has 0 bridgehead atoms. The number of nitrogens with zero attached hydrogens (tertiary/aromatic N) is 3. The lowest BCUT2D eigenvalue weighted by molar-refractivity contribution is -0.113. The largest absolute Gasteiger partial charge is 0.336 e. The quantitative estimate of drug-likeness (QED) is 0.500. The monoisotopic (exact) mass is 387 g/mol. The fourth-order valence-corrected chi connectivity index (χ4v) is 3.21. The van der Waals surface area contributed by atoms with Crippen LogP contribution in [0, 0.1) is 6.92 Å². The van der Waals surface area contributed by atoms with Crippen LogP contribution in [-0.2, 0) is 11.2 Å². The Morgan fingerprint density at radius 3 is 2.73 bits per heavy atom. The predicted octanol–water partition coefficient (Wildman–Crippen LogP) is 3.28. The highest BCUT2D eigenvalue weighted by Gasteiger charge is 2.13. The van der Waals surface area contributed by atoms with Crippen LogP contribution in [0.25, 0.3) is 0 Å². The zero-order valence-electron chi connectivity index (χ0n) is 14.1. The van der Waals surface area contributed by atoms with Gasteiger partial charge < -0.3 is 11.2 Å². The van der Waals surface area contributed by atoms with Crippen LogP contribution < -0.4 is 11.2 Å². The number of carbonyl (C=O) groups excluding carboxylic acids is 1. The second-order valence-corrected chi connectivity index (χ2v) is 7.03. The minimum atomic E-state index is -0.159. The second-order valence-electron chi connectivity index (χ2n) is 5.68. The van der Waals surface area contributed by atoms with E-state index in [2.05, 4.69) is 15.5 Å². The first-order valence-electron chi connectivity index (χ1n) is 7.95. The molecule has 3 rings (SSSR count). The molecule has 0 saturated heterocycles. The first kappa shape index (κ1) is 18.3. The fourth-order valence-electron chi connectivity index (χ4n) is 2.36. The van der Waals surface area contributed by atoms with Gasteiger partial charge in [-0.3, -0.25) is 4.79 Å². The molecule has 0 spiro atoms. The molecule has 2 aromatic carbocycles. The maximum Gasteiger partial charge on any atom is 0.234 e. The number of amides is 1. The molecule has 0 aliphatic heterocycles. The molecule has 1 aromatic heterocycles. The zero-order valence-corrected chi connectivity index (χ0v) is 15.7. The van der Waals surface area contributed by atoms with Crippen LogP contribution >= 0.6 is 23.4 Å². The van der Waals surface area contributed by atoms with E-state index in [-0.39, 0.29) is 11.7 Å². The van der Waals surface area contributed by atoms with E-state index in [1.807, 2.05) is 43.3 Å². The molecule has 0 aliphatic carbocycles. The SMILES string of the molecule is Cc1c(Cl)cccc1NC(=O)CSc1nnc(Cc2ccccc2)n1N. The molecule has 0 unspecified atom stereocenters. The Balaban J connectivity index is 1.59. The summed E-state index contributed by atoms with van der Waals surface area (Å²) in [6, 6.07) is 15.3. The summed E-state index contributed by atoms with van der Waals surface area (Å²) < 4.78 is 1.43. The molecule has 0 fully saturated rings. The number of hydrogen-bond acceptors (Lipinski definition) is 5. The lowest BCUT2D eigenvalue weighted by atomic mass is 10.1. The van der Waals surface area contributed by atoms with Crippen LogP contribution in [-0.4, -0.2) is 26.5 Å². The molecule has 1 heterocycles. The van der Waals surface area contributed by atoms with Crippen LogP contribution in [0.1, 0.15) is 17.0 Å². The molecular weight excluding hydrogens is 370 g/mol. The van der Waals surface area contributed by atoms with Crippen molar-refractivity contribution in [1.29, 1.82) is 0 Å². The third-order valence-corrected chi connectivity index (χ3v) is 5.17. The van der Waals surface area contributed by atoms with Crippen LogP contribution in [0.3, 0.4) is 0 Å². The van der Waals surface area contributed by atoms with Gasteiger partial charge in [0.25, 0.3) is 0 Å². The summed E-state index contributed by atoms with van der Waals surface area (Å²) in [5.74, 6) is 6.71. The van der Waals surface area contributed by atoms with Crippen molar-refractivity contribution in [2.24, 2.45) is 0 Å². The first-order chi connectivity index (χ1) is 12.5. The molecule has 3 aromatic rings. The predicted molar refractivity (Wildman–Crippen MR) is 105 cm³/mol. The number of nitrogens with one attached hydrogen (secondary N) is 1. The summed E-state index contributed by atoms with van der Waals surface area (Å²) in [6.07, 6.45) is 0.582. The third-order valence-electron chi connectivity index (χ3n) is 3.81. The summed E-state index contributed by atoms with van der Waals surface area (Å²) in [6.45, 7) is 1.86. The van der Waals surface area contributed by atoms with E-state index in [0.29, 0.717) is 28.1 Å². The van der Waals surface area contributed by atoms with Crippen molar-refractivity contribution in [3.8, 4) is 0 Å². The number of halogens is 1. The topological polar surface area (TPSA) is 85.8 Å². The van der Waals surface area contributed by atoms with Crippen molar-refractivity contribution in [3.05, 3.63) is 70.5 Å². The number of hydrogen-bond donors (Lipinski definition) is 2. The highest BCUT2D eigenvalue weighted by atomic mass is 35.5. The van der Waals surface area contributed by atoms with Gasteiger partial charge in [-0.05, 0) is 30.2 Å². The van der Waals surface area contributed by atoms with E-state index in [0.717, 1.165) is 11.1 Å². The van der Waals surface area contributed by atoms with E-state index in [1.165, 1.54) is 16.4 Å². The summed E-state index contributed by atoms with van der Waals surface area (Å²) in [4.78, 5) is 12.2. The Kier molecular flexibility index (Phi) is 5.80. The van der Waals surface area contributed by atoms with E-state index >= 15 is 0 Å². The third kappa shape index (κ3) is 4.36. The smallest absolute Gasteiger partial charge is 0.234 e. The number of benzene rings is 2. The molecule has 0 atom stereocenters. The summed E-state index contributed by atoms with van der Waals surface area (Å²) in [5.41, 5.74) is 2.62. The molecule has 1 amide bonds. The molecule has 3 N–H and O–H groups in total. The minimum Gasteiger partial charge on any atom is -0.336 e. The lowest BCUT2D eigenvalue weighted by Gasteiger charge is -2.09. The van der Waals surface area contributed by atoms with Gasteiger partial charge in [0.05, 0.1) is 5.75 Å². The fraction of sp³-hybridized carbons (Fsp3) is 0.167. The number of anilines is 1. The maximum atomic E-state index is 12.2. The van der Waals surface area contributed by atoms with Crippen molar-refractivity contribution in [2.75, 3.05) is 16.9 Å². The van der Waals surface area contributed by atoms with Crippen molar-refractivity contribution in [2.45, 2.75) is 18.5 Å². The first-order valence-corrected chi connectivity index (χ1v) is 9.32. The average molecular weight is 388 g/mol. The number of aromatic nitrogens is 3. The van der Waals surface area contributed by atoms with Crippen LogP contribution in [0.4, 0.5) is 5.69 Å². The second kappa shape index (κ2) is 8.25. The van der Waals surface area contributed by atoms with Crippen LogP contribution in [0.5, 0.6) is 0 Å². The van der Waals surface area contributed by atoms with Gasteiger partial charge in [0.15, 0.2) is 5.82 Å². The van der Waals surface area contributed by atoms with E-state index in [9.17, 15) is 4.79 Å². The molecule has 0 saturated carbocycles. The highest BCUT2D eigenvalue weighted by Crippen LogP contribution is 2.23. The number of thioether (sulfide) groups is 1. The summed E-state index contributed by atoms with van der Waals surface area (Å²) in [5, 5.41) is 12.1. The summed E-state index contributed by atoms with van der Waals surface area (Å²) >= 11 is 7.30. The zero-order chi connectivity index (χ0) is 18.5. The standard InChI is InChI=1S/C18H18ClN5OS/c1-12-14(19)8-5-9-15(12)21-17(25)11-26-18-23-22-16(24(18)20)10-13-6-3-2-4-7-13/h2-9H,10-11,20H2,1H3,(H,21,25). The molecule has 0 radical (unpaired) electrons. The number of nitrogens with two attached hydrogens (primary N) is 1. The van der Waals surface area contributed by atoms with E-state index in [4.69, 9.17) is 17.4 Å². The Labute approximate surface area is 160 Å². The van der Waals surface area contributed by atoms with Crippen molar-refractivity contribution >= 4 is 35.0 Å². The molecule has 6 nitrogen and oxygen atoms in total. The van der Waals surface area contributed by atoms with Gasteiger partial charge in [0, 0.05) is 17.1 Å². The number of carbonyl (C=O) groups is 1. The molecule has 26 heavy (non-hydrogen) atoms. The van der Waals surface area contributed by atoms with Gasteiger partial charge in [0.2, 0.25) is 11.1 Å². The molecular formula is C18H18ClN5OS. The van der Waals surface area contributed by atoms with E-state index in [1.54, 1.807) is 12.1 Å². The average Bonchev–Trinajstić information content (AvgIpc) is 2.98. The lowest BCUT2D eigenvalue weighted by Crippen LogP contribution is -2.17. The van der Waals surface area contributed by atoms with Gasteiger partial charge in [-0.1, -0.05) is 59.8 Å². The van der Waals surface area contributed by atoms with Gasteiger partial charge in [-0.15, -0.1) is 10.2 Å². The minimum absolute atomic E-state index is 0.159. The Hall–Kier alpha value is -2.51. The maximum absolute atomic E-state index is 12.2. The van der Waals surface area contributed by atoms with Crippen molar-refractivity contribution in [1.82, 2.24) is 14.9 Å².